The van der Waals surface area contributed by atoms with Crippen molar-refractivity contribution in [2.24, 2.45) is 0 Å². The largest absolute Gasteiger partial charge is 0.445 e. The average molecular weight is 300 g/mol. The normalized spacial score (nSPS) is 19.1. The SMILES string of the molecule is Cc1cnc(CN(C)[C@@H]2CCN(CCc3ccccn3)C2)o1. The topological polar surface area (TPSA) is 45.4 Å². The summed E-state index contributed by atoms with van der Waals surface area (Å²) >= 11 is 0. The summed E-state index contributed by atoms with van der Waals surface area (Å²) in [6.45, 7) is 6.08. The summed E-state index contributed by atoms with van der Waals surface area (Å²) in [4.78, 5) is 13.6. The summed E-state index contributed by atoms with van der Waals surface area (Å²) in [6.07, 6.45) is 5.89. The Bertz CT molecular complexity index is 583. The van der Waals surface area contributed by atoms with Crippen molar-refractivity contribution in [2.45, 2.75) is 32.4 Å². The number of likely N-dealkylation sites (N-methyl/N-ethyl adjacent to an activating group) is 1. The predicted molar refractivity (Wildman–Crippen MR) is 85.5 cm³/mol. The molecule has 1 aliphatic heterocycles. The first-order valence-electron chi connectivity index (χ1n) is 7.94. The molecule has 5 nitrogen and oxygen atoms in total. The van der Waals surface area contributed by atoms with Crippen LogP contribution in [0.5, 0.6) is 0 Å². The summed E-state index contributed by atoms with van der Waals surface area (Å²) in [7, 11) is 2.16. The fourth-order valence-corrected chi connectivity index (χ4v) is 3.01. The van der Waals surface area contributed by atoms with Gasteiger partial charge in [-0.25, -0.2) is 4.98 Å². The molecular formula is C17H24N4O. The van der Waals surface area contributed by atoms with Gasteiger partial charge in [-0.2, -0.15) is 0 Å². The van der Waals surface area contributed by atoms with E-state index in [4.69, 9.17) is 4.42 Å². The highest BCUT2D eigenvalue weighted by Crippen LogP contribution is 2.17. The highest BCUT2D eigenvalue weighted by atomic mass is 16.4. The maximum atomic E-state index is 5.57. The summed E-state index contributed by atoms with van der Waals surface area (Å²) in [5.41, 5.74) is 1.18. The molecule has 0 saturated carbocycles. The van der Waals surface area contributed by atoms with Gasteiger partial charge in [0.2, 0.25) is 5.89 Å². The van der Waals surface area contributed by atoms with Crippen LogP contribution in [0.15, 0.2) is 35.0 Å². The maximum Gasteiger partial charge on any atom is 0.208 e. The lowest BCUT2D eigenvalue weighted by atomic mass is 10.2. The first-order chi connectivity index (χ1) is 10.7. The molecule has 0 aromatic carbocycles. The van der Waals surface area contributed by atoms with Gasteiger partial charge in [0.15, 0.2) is 0 Å². The Kier molecular flexibility index (Phi) is 4.85. The van der Waals surface area contributed by atoms with E-state index in [0.717, 1.165) is 44.3 Å². The Labute approximate surface area is 132 Å². The van der Waals surface area contributed by atoms with Crippen molar-refractivity contribution < 1.29 is 4.42 Å². The van der Waals surface area contributed by atoms with Crippen LogP contribution in [-0.2, 0) is 13.0 Å². The van der Waals surface area contributed by atoms with Crippen LogP contribution in [0.4, 0.5) is 0 Å². The molecule has 0 amide bonds. The van der Waals surface area contributed by atoms with Gasteiger partial charge < -0.3 is 9.32 Å². The number of pyridine rings is 1. The molecule has 5 heteroatoms. The summed E-state index contributed by atoms with van der Waals surface area (Å²) in [5.74, 6) is 1.69. The number of aromatic nitrogens is 2. The third-order valence-electron chi connectivity index (χ3n) is 4.33. The molecule has 0 N–H and O–H groups in total. The summed E-state index contributed by atoms with van der Waals surface area (Å²) < 4.78 is 5.57. The Morgan fingerprint density at radius 3 is 3.00 bits per heavy atom. The van der Waals surface area contributed by atoms with E-state index in [-0.39, 0.29) is 0 Å². The van der Waals surface area contributed by atoms with Gasteiger partial charge >= 0.3 is 0 Å². The highest BCUT2D eigenvalue weighted by Gasteiger charge is 2.26. The predicted octanol–water partition coefficient (Wildman–Crippen LogP) is 2.13. The standard InChI is InChI=1S/C17H24N4O/c1-14-11-19-17(22-14)13-20(2)16-7-10-21(12-16)9-6-15-5-3-4-8-18-15/h3-5,8,11,16H,6-7,9-10,12-13H2,1-2H3/t16-/m1/s1. The molecule has 0 aliphatic carbocycles. The zero-order valence-corrected chi connectivity index (χ0v) is 13.4. The van der Waals surface area contributed by atoms with E-state index in [1.165, 1.54) is 12.1 Å². The summed E-state index contributed by atoms with van der Waals surface area (Å²) in [5, 5.41) is 0. The van der Waals surface area contributed by atoms with Gasteiger partial charge in [0.25, 0.3) is 0 Å². The fourth-order valence-electron chi connectivity index (χ4n) is 3.01. The van der Waals surface area contributed by atoms with Crippen LogP contribution in [0.25, 0.3) is 0 Å². The van der Waals surface area contributed by atoms with Crippen molar-refractivity contribution in [3.63, 3.8) is 0 Å². The lowest BCUT2D eigenvalue weighted by Gasteiger charge is -2.23. The number of oxazole rings is 1. The van der Waals surface area contributed by atoms with Crippen LogP contribution in [0.1, 0.15) is 23.8 Å². The average Bonchev–Trinajstić information content (AvgIpc) is 3.15. The van der Waals surface area contributed by atoms with Gasteiger partial charge in [-0.05, 0) is 39.1 Å². The number of likely N-dealkylation sites (tertiary alicyclic amines) is 1. The van der Waals surface area contributed by atoms with Gasteiger partial charge in [-0.3, -0.25) is 9.88 Å². The lowest BCUT2D eigenvalue weighted by Crippen LogP contribution is -2.34. The molecule has 0 unspecified atom stereocenters. The molecule has 1 aliphatic rings. The second kappa shape index (κ2) is 7.03. The van der Waals surface area contributed by atoms with Crippen LogP contribution in [0.2, 0.25) is 0 Å². The van der Waals surface area contributed by atoms with Gasteiger partial charge in [0.05, 0.1) is 12.7 Å². The first kappa shape index (κ1) is 15.2. The minimum absolute atomic E-state index is 0.580. The van der Waals surface area contributed by atoms with E-state index in [0.29, 0.717) is 6.04 Å². The van der Waals surface area contributed by atoms with E-state index in [1.54, 1.807) is 6.20 Å². The maximum absolute atomic E-state index is 5.57. The molecule has 1 saturated heterocycles. The Hall–Kier alpha value is -1.72. The molecule has 0 spiro atoms. The lowest BCUT2D eigenvalue weighted by molar-refractivity contribution is 0.206. The number of hydrogen-bond donors (Lipinski definition) is 0. The summed E-state index contributed by atoms with van der Waals surface area (Å²) in [6, 6.07) is 6.71. The van der Waals surface area contributed by atoms with E-state index in [2.05, 4.69) is 38.9 Å². The van der Waals surface area contributed by atoms with E-state index in [9.17, 15) is 0 Å². The number of rotatable bonds is 6. The molecule has 0 radical (unpaired) electrons. The Morgan fingerprint density at radius 2 is 2.27 bits per heavy atom. The molecule has 0 bridgehead atoms. The van der Waals surface area contributed by atoms with Crippen LogP contribution in [0, 0.1) is 6.92 Å². The van der Waals surface area contributed by atoms with Crippen molar-refractivity contribution >= 4 is 0 Å². The van der Waals surface area contributed by atoms with Crippen LogP contribution in [0.3, 0.4) is 0 Å². The molecular weight excluding hydrogens is 276 g/mol. The van der Waals surface area contributed by atoms with E-state index in [1.807, 2.05) is 19.2 Å². The molecule has 3 rings (SSSR count). The molecule has 1 atom stereocenters. The molecule has 1 fully saturated rings. The van der Waals surface area contributed by atoms with Crippen molar-refractivity contribution in [3.05, 3.63) is 47.9 Å². The second-order valence-corrected chi connectivity index (χ2v) is 6.09. The van der Waals surface area contributed by atoms with Crippen LogP contribution < -0.4 is 0 Å². The molecule has 2 aromatic heterocycles. The van der Waals surface area contributed by atoms with Gasteiger partial charge in [-0.1, -0.05) is 6.07 Å². The van der Waals surface area contributed by atoms with Crippen LogP contribution >= 0.6 is 0 Å². The van der Waals surface area contributed by atoms with Crippen molar-refractivity contribution in [1.82, 2.24) is 19.8 Å². The smallest absolute Gasteiger partial charge is 0.208 e. The third-order valence-corrected chi connectivity index (χ3v) is 4.33. The quantitative estimate of drug-likeness (QED) is 0.818. The number of aryl methyl sites for hydroxylation is 1. The van der Waals surface area contributed by atoms with E-state index < -0.39 is 0 Å². The van der Waals surface area contributed by atoms with Gasteiger partial charge in [0, 0.05) is 37.4 Å². The number of hydrogen-bond acceptors (Lipinski definition) is 5. The third kappa shape index (κ3) is 3.93. The zero-order valence-electron chi connectivity index (χ0n) is 13.4. The van der Waals surface area contributed by atoms with E-state index >= 15 is 0 Å². The van der Waals surface area contributed by atoms with Gasteiger partial charge in [0.1, 0.15) is 5.76 Å². The molecule has 118 valence electrons. The highest BCUT2D eigenvalue weighted by molar-refractivity contribution is 5.04. The van der Waals surface area contributed by atoms with Crippen molar-refractivity contribution in [1.29, 1.82) is 0 Å². The minimum Gasteiger partial charge on any atom is -0.445 e. The molecule has 22 heavy (non-hydrogen) atoms. The Morgan fingerprint density at radius 1 is 1.36 bits per heavy atom. The number of nitrogens with zero attached hydrogens (tertiary/aromatic N) is 4. The minimum atomic E-state index is 0.580. The molecule has 2 aromatic rings. The van der Waals surface area contributed by atoms with Crippen molar-refractivity contribution in [2.75, 3.05) is 26.7 Å². The van der Waals surface area contributed by atoms with Crippen LogP contribution in [-0.4, -0.2) is 52.5 Å². The fraction of sp³-hybridized carbons (Fsp3) is 0.529. The first-order valence-corrected chi connectivity index (χ1v) is 7.94. The zero-order chi connectivity index (χ0) is 15.4. The Balaban J connectivity index is 1.45. The molecule has 3 heterocycles. The monoisotopic (exact) mass is 300 g/mol. The van der Waals surface area contributed by atoms with Crippen molar-refractivity contribution in [3.8, 4) is 0 Å². The second-order valence-electron chi connectivity index (χ2n) is 6.09. The van der Waals surface area contributed by atoms with Gasteiger partial charge in [-0.15, -0.1) is 0 Å².